The van der Waals surface area contributed by atoms with Gasteiger partial charge in [0.05, 0.1) is 5.56 Å². The minimum Gasteiger partial charge on any atom is -0.489 e. The van der Waals surface area contributed by atoms with Crippen LogP contribution in [0.4, 0.5) is 4.39 Å². The van der Waals surface area contributed by atoms with E-state index in [2.05, 4.69) is 0 Å². The quantitative estimate of drug-likeness (QED) is 0.916. The predicted molar refractivity (Wildman–Crippen MR) is 68.9 cm³/mol. The van der Waals surface area contributed by atoms with Crippen molar-refractivity contribution in [2.75, 3.05) is 0 Å². The van der Waals surface area contributed by atoms with Crippen molar-refractivity contribution in [2.24, 2.45) is 0 Å². The van der Waals surface area contributed by atoms with Crippen molar-refractivity contribution in [3.05, 3.63) is 65.0 Å². The fourth-order valence-corrected chi connectivity index (χ4v) is 1.76. The number of aromatic carboxylic acids is 1. The van der Waals surface area contributed by atoms with Crippen LogP contribution >= 0.6 is 0 Å². The Labute approximate surface area is 110 Å². The molecule has 0 atom stereocenters. The highest BCUT2D eigenvalue weighted by molar-refractivity contribution is 5.89. The first-order chi connectivity index (χ1) is 9.06. The van der Waals surface area contributed by atoms with E-state index in [1.165, 1.54) is 18.2 Å². The third kappa shape index (κ3) is 3.31. The molecule has 1 N–H and O–H groups in total. The number of halogens is 1. The number of rotatable bonds is 4. The van der Waals surface area contributed by atoms with Crippen LogP contribution in [-0.4, -0.2) is 11.1 Å². The zero-order valence-corrected chi connectivity index (χ0v) is 10.4. The van der Waals surface area contributed by atoms with E-state index in [-0.39, 0.29) is 18.0 Å². The molecule has 2 aromatic carbocycles. The summed E-state index contributed by atoms with van der Waals surface area (Å²) in [5, 5.41) is 8.91. The molecule has 4 heteroatoms. The van der Waals surface area contributed by atoms with Crippen LogP contribution in [0.25, 0.3) is 0 Å². The Morgan fingerprint density at radius 1 is 1.26 bits per heavy atom. The largest absolute Gasteiger partial charge is 0.489 e. The molecule has 98 valence electrons. The van der Waals surface area contributed by atoms with Crippen LogP contribution in [0.1, 0.15) is 21.5 Å². The average molecular weight is 260 g/mol. The van der Waals surface area contributed by atoms with E-state index in [1.807, 2.05) is 0 Å². The van der Waals surface area contributed by atoms with Crippen molar-refractivity contribution >= 4 is 5.97 Å². The zero-order valence-electron chi connectivity index (χ0n) is 10.4. The van der Waals surface area contributed by atoms with Gasteiger partial charge in [0, 0.05) is 0 Å². The Kier molecular flexibility index (Phi) is 3.80. The Bertz CT molecular complexity index is 608. The van der Waals surface area contributed by atoms with Crippen LogP contribution < -0.4 is 4.74 Å². The van der Waals surface area contributed by atoms with Crippen molar-refractivity contribution in [1.82, 2.24) is 0 Å². The van der Waals surface area contributed by atoms with Gasteiger partial charge in [0.25, 0.3) is 0 Å². The minimum absolute atomic E-state index is 0.240. The molecule has 3 nitrogen and oxygen atoms in total. The zero-order chi connectivity index (χ0) is 13.8. The second-order valence-corrected chi connectivity index (χ2v) is 4.20. The van der Waals surface area contributed by atoms with Gasteiger partial charge < -0.3 is 9.84 Å². The van der Waals surface area contributed by atoms with Crippen molar-refractivity contribution in [1.29, 1.82) is 0 Å². The molecule has 2 aromatic rings. The van der Waals surface area contributed by atoms with Crippen LogP contribution in [-0.2, 0) is 6.61 Å². The summed E-state index contributed by atoms with van der Waals surface area (Å²) in [6, 6.07) is 10.9. The summed E-state index contributed by atoms with van der Waals surface area (Å²) in [5.41, 5.74) is 1.60. The van der Waals surface area contributed by atoms with Gasteiger partial charge in [0.1, 0.15) is 18.2 Å². The maximum absolute atomic E-state index is 13.0. The molecule has 0 aliphatic heterocycles. The maximum atomic E-state index is 13.0. The van der Waals surface area contributed by atoms with Gasteiger partial charge in [-0.05, 0) is 48.4 Å². The standard InChI is InChI=1S/C15H13FO3/c1-10-7-13(5-6-14(10)15(17)18)19-9-11-3-2-4-12(16)8-11/h2-8H,9H2,1H3,(H,17,18). The molecule has 0 aromatic heterocycles. The van der Waals surface area contributed by atoms with Gasteiger partial charge in [-0.1, -0.05) is 12.1 Å². The van der Waals surface area contributed by atoms with Gasteiger partial charge in [-0.2, -0.15) is 0 Å². The van der Waals surface area contributed by atoms with Gasteiger partial charge in [0.15, 0.2) is 0 Å². The van der Waals surface area contributed by atoms with E-state index < -0.39 is 5.97 Å². The van der Waals surface area contributed by atoms with E-state index >= 15 is 0 Å². The molecule has 0 saturated heterocycles. The first-order valence-electron chi connectivity index (χ1n) is 5.77. The lowest BCUT2D eigenvalue weighted by molar-refractivity contribution is 0.0696. The van der Waals surface area contributed by atoms with Gasteiger partial charge in [-0.25, -0.2) is 9.18 Å². The highest BCUT2D eigenvalue weighted by atomic mass is 19.1. The first kappa shape index (κ1) is 13.1. The number of ether oxygens (including phenoxy) is 1. The topological polar surface area (TPSA) is 46.5 Å². The molecule has 0 unspecified atom stereocenters. The maximum Gasteiger partial charge on any atom is 0.335 e. The van der Waals surface area contributed by atoms with Gasteiger partial charge in [0.2, 0.25) is 0 Å². The summed E-state index contributed by atoms with van der Waals surface area (Å²) in [7, 11) is 0. The van der Waals surface area contributed by atoms with E-state index in [9.17, 15) is 9.18 Å². The number of carboxylic acids is 1. The fraction of sp³-hybridized carbons (Fsp3) is 0.133. The fourth-order valence-electron chi connectivity index (χ4n) is 1.76. The summed E-state index contributed by atoms with van der Waals surface area (Å²) >= 11 is 0. The van der Waals surface area contributed by atoms with Crippen molar-refractivity contribution in [2.45, 2.75) is 13.5 Å². The second-order valence-electron chi connectivity index (χ2n) is 4.20. The smallest absolute Gasteiger partial charge is 0.335 e. The Balaban J connectivity index is 2.08. The number of benzene rings is 2. The Morgan fingerprint density at radius 2 is 2.05 bits per heavy atom. The average Bonchev–Trinajstić information content (AvgIpc) is 2.36. The van der Waals surface area contributed by atoms with Crippen LogP contribution in [0, 0.1) is 12.7 Å². The van der Waals surface area contributed by atoms with Crippen molar-refractivity contribution in [3.8, 4) is 5.75 Å². The third-order valence-electron chi connectivity index (χ3n) is 2.72. The van der Waals surface area contributed by atoms with E-state index in [0.29, 0.717) is 11.3 Å². The number of hydrogen-bond donors (Lipinski definition) is 1. The first-order valence-corrected chi connectivity index (χ1v) is 5.77. The molecule has 0 aliphatic rings. The lowest BCUT2D eigenvalue weighted by Crippen LogP contribution is -2.01. The lowest BCUT2D eigenvalue weighted by atomic mass is 10.1. The molecule has 2 rings (SSSR count). The minimum atomic E-state index is -0.964. The molecular weight excluding hydrogens is 247 g/mol. The number of aryl methyl sites for hydroxylation is 1. The van der Waals surface area contributed by atoms with Gasteiger partial charge in [-0.3, -0.25) is 0 Å². The van der Waals surface area contributed by atoms with Gasteiger partial charge in [-0.15, -0.1) is 0 Å². The molecule has 0 saturated carbocycles. The highest BCUT2D eigenvalue weighted by Gasteiger charge is 2.07. The molecule has 19 heavy (non-hydrogen) atoms. The van der Waals surface area contributed by atoms with Gasteiger partial charge >= 0.3 is 5.97 Å². The molecule has 0 bridgehead atoms. The lowest BCUT2D eigenvalue weighted by Gasteiger charge is -2.08. The molecule has 0 heterocycles. The molecule has 0 amide bonds. The van der Waals surface area contributed by atoms with Crippen molar-refractivity contribution < 1.29 is 19.0 Å². The van der Waals surface area contributed by atoms with Crippen LogP contribution in [0.3, 0.4) is 0 Å². The highest BCUT2D eigenvalue weighted by Crippen LogP contribution is 2.18. The van der Waals surface area contributed by atoms with Crippen LogP contribution in [0.2, 0.25) is 0 Å². The summed E-state index contributed by atoms with van der Waals surface area (Å²) in [6.07, 6.45) is 0. The number of hydrogen-bond acceptors (Lipinski definition) is 2. The van der Waals surface area contributed by atoms with E-state index in [1.54, 1.807) is 31.2 Å². The van der Waals surface area contributed by atoms with E-state index in [4.69, 9.17) is 9.84 Å². The van der Waals surface area contributed by atoms with E-state index in [0.717, 1.165) is 5.56 Å². The number of carbonyl (C=O) groups is 1. The normalized spacial score (nSPS) is 10.2. The second kappa shape index (κ2) is 5.52. The molecular formula is C15H13FO3. The molecule has 0 aliphatic carbocycles. The summed E-state index contributed by atoms with van der Waals surface area (Å²) in [4.78, 5) is 10.9. The van der Waals surface area contributed by atoms with Crippen LogP contribution in [0.15, 0.2) is 42.5 Å². The summed E-state index contributed by atoms with van der Waals surface area (Å²) in [6.45, 7) is 1.95. The molecule has 0 radical (unpaired) electrons. The Morgan fingerprint density at radius 3 is 2.68 bits per heavy atom. The molecule has 0 spiro atoms. The van der Waals surface area contributed by atoms with Crippen LogP contribution in [0.5, 0.6) is 5.75 Å². The Hall–Kier alpha value is -2.36. The predicted octanol–water partition coefficient (Wildman–Crippen LogP) is 3.41. The number of carboxylic acid groups (broad SMARTS) is 1. The SMILES string of the molecule is Cc1cc(OCc2cccc(F)c2)ccc1C(=O)O. The summed E-state index contributed by atoms with van der Waals surface area (Å²) in [5.74, 6) is -0.709. The monoisotopic (exact) mass is 260 g/mol. The molecule has 0 fully saturated rings. The summed E-state index contributed by atoms with van der Waals surface area (Å²) < 4.78 is 18.5. The third-order valence-corrected chi connectivity index (χ3v) is 2.72. The van der Waals surface area contributed by atoms with Crippen molar-refractivity contribution in [3.63, 3.8) is 0 Å².